The summed E-state index contributed by atoms with van der Waals surface area (Å²) < 4.78 is 0. The summed E-state index contributed by atoms with van der Waals surface area (Å²) in [5.41, 5.74) is 11.3. The Bertz CT molecular complexity index is 1240. The van der Waals surface area contributed by atoms with Crippen LogP contribution in [-0.2, 0) is 12.8 Å². The van der Waals surface area contributed by atoms with Crippen LogP contribution in [0.25, 0.3) is 10.9 Å². The maximum atomic E-state index is 4.60. The number of nitrogens with one attached hydrogen (secondary N) is 3. The molecule has 4 aromatic rings. The molecule has 0 amide bonds. The second kappa shape index (κ2) is 8.10. The minimum Gasteiger partial charge on any atom is -0.384 e. The summed E-state index contributed by atoms with van der Waals surface area (Å²) in [6.07, 6.45) is 7.37. The van der Waals surface area contributed by atoms with Crippen molar-refractivity contribution in [3.63, 3.8) is 0 Å². The number of para-hydroxylation sites is 1. The second-order valence-electron chi connectivity index (χ2n) is 8.80. The first-order valence-corrected chi connectivity index (χ1v) is 11.2. The Morgan fingerprint density at radius 3 is 2.84 bits per heavy atom. The first-order chi connectivity index (χ1) is 15.1. The second-order valence-corrected chi connectivity index (χ2v) is 8.80. The van der Waals surface area contributed by atoms with Gasteiger partial charge in [0.25, 0.3) is 0 Å². The maximum absolute atomic E-state index is 4.60. The summed E-state index contributed by atoms with van der Waals surface area (Å²) in [5, 5.41) is 8.57. The molecule has 2 aromatic heterocycles. The number of H-pyrrole nitrogens is 1. The molecule has 0 radical (unpaired) electrons. The van der Waals surface area contributed by atoms with Crippen LogP contribution in [-0.4, -0.2) is 16.5 Å². The molecule has 0 saturated carbocycles. The van der Waals surface area contributed by atoms with Gasteiger partial charge in [-0.1, -0.05) is 25.1 Å². The van der Waals surface area contributed by atoms with Crippen molar-refractivity contribution in [2.24, 2.45) is 0 Å². The molecular formula is C27H30N4. The van der Waals surface area contributed by atoms with Crippen molar-refractivity contribution in [1.82, 2.24) is 9.97 Å². The highest BCUT2D eigenvalue weighted by atomic mass is 14.9. The highest BCUT2D eigenvalue weighted by Gasteiger charge is 2.22. The molecule has 2 aromatic carbocycles. The number of fused-ring (bicyclic) bond motifs is 2. The number of aromatic nitrogens is 2. The summed E-state index contributed by atoms with van der Waals surface area (Å²) in [4.78, 5) is 8.03. The van der Waals surface area contributed by atoms with Crippen molar-refractivity contribution in [1.29, 1.82) is 0 Å². The zero-order chi connectivity index (χ0) is 21.4. The van der Waals surface area contributed by atoms with Gasteiger partial charge in [0.15, 0.2) is 0 Å². The molecule has 31 heavy (non-hydrogen) atoms. The van der Waals surface area contributed by atoms with E-state index < -0.39 is 0 Å². The summed E-state index contributed by atoms with van der Waals surface area (Å²) >= 11 is 0. The molecule has 0 fully saturated rings. The molecule has 0 spiro atoms. The number of pyridine rings is 1. The quantitative estimate of drug-likeness (QED) is 0.334. The molecule has 1 aliphatic carbocycles. The van der Waals surface area contributed by atoms with E-state index in [2.05, 4.69) is 90.0 Å². The lowest BCUT2D eigenvalue weighted by Crippen LogP contribution is -2.06. The van der Waals surface area contributed by atoms with Gasteiger partial charge in [0.05, 0.1) is 0 Å². The minimum absolute atomic E-state index is 0.561. The number of rotatable bonds is 6. The number of hydrogen-bond donors (Lipinski definition) is 3. The number of nitrogens with zero attached hydrogens (tertiary/aromatic N) is 1. The molecule has 158 valence electrons. The van der Waals surface area contributed by atoms with Crippen molar-refractivity contribution in [3.8, 4) is 0 Å². The topological polar surface area (TPSA) is 52.7 Å². The molecule has 4 nitrogen and oxygen atoms in total. The van der Waals surface area contributed by atoms with Crippen molar-refractivity contribution < 1.29 is 0 Å². The molecule has 3 N–H and O–H groups in total. The lowest BCUT2D eigenvalue weighted by Gasteiger charge is -2.14. The van der Waals surface area contributed by atoms with Gasteiger partial charge in [-0.3, -0.25) is 4.98 Å². The molecule has 1 unspecified atom stereocenters. The number of hydrogen-bond acceptors (Lipinski definition) is 3. The third kappa shape index (κ3) is 3.78. The average Bonchev–Trinajstić information content (AvgIpc) is 3.35. The van der Waals surface area contributed by atoms with E-state index in [0.717, 1.165) is 25.1 Å². The zero-order valence-electron chi connectivity index (χ0n) is 18.5. The summed E-state index contributed by atoms with van der Waals surface area (Å²) in [5.74, 6) is 0.561. The van der Waals surface area contributed by atoms with Crippen LogP contribution < -0.4 is 10.6 Å². The highest BCUT2D eigenvalue weighted by Crippen LogP contribution is 2.36. The van der Waals surface area contributed by atoms with E-state index in [4.69, 9.17) is 0 Å². The Morgan fingerprint density at radius 1 is 1.06 bits per heavy atom. The van der Waals surface area contributed by atoms with Gasteiger partial charge in [-0.25, -0.2) is 0 Å². The lowest BCUT2D eigenvalue weighted by molar-refractivity contribution is 0.731. The van der Waals surface area contributed by atoms with Gasteiger partial charge in [-0.15, -0.1) is 0 Å². The zero-order valence-corrected chi connectivity index (χ0v) is 18.5. The molecule has 1 atom stereocenters. The van der Waals surface area contributed by atoms with Crippen LogP contribution in [0.1, 0.15) is 47.2 Å². The van der Waals surface area contributed by atoms with Crippen LogP contribution in [0.3, 0.4) is 0 Å². The molecule has 2 heterocycles. The molecule has 0 bridgehead atoms. The predicted octanol–water partition coefficient (Wildman–Crippen LogP) is 6.63. The van der Waals surface area contributed by atoms with E-state index in [1.54, 1.807) is 0 Å². The summed E-state index contributed by atoms with van der Waals surface area (Å²) in [6, 6.07) is 15.2. The van der Waals surface area contributed by atoms with Crippen LogP contribution in [0, 0.1) is 13.8 Å². The SMILES string of the molecule is Cc1cc(Nc2ccnc3c2CCC3C)ccc1NCCc1c[nH]c2c(C)cccc12. The number of aryl methyl sites for hydroxylation is 2. The first kappa shape index (κ1) is 19.7. The number of anilines is 3. The van der Waals surface area contributed by atoms with Crippen molar-refractivity contribution in [3.05, 3.63) is 82.8 Å². The van der Waals surface area contributed by atoms with Gasteiger partial charge in [0.1, 0.15) is 0 Å². The summed E-state index contributed by atoms with van der Waals surface area (Å²) in [6.45, 7) is 7.50. The third-order valence-corrected chi connectivity index (χ3v) is 6.61. The smallest absolute Gasteiger partial charge is 0.0486 e. The normalized spacial score (nSPS) is 15.3. The van der Waals surface area contributed by atoms with Crippen molar-refractivity contribution in [2.45, 2.75) is 46.0 Å². The van der Waals surface area contributed by atoms with E-state index in [9.17, 15) is 0 Å². The largest absolute Gasteiger partial charge is 0.384 e. The van der Waals surface area contributed by atoms with Crippen LogP contribution in [0.15, 0.2) is 54.9 Å². The Labute approximate surface area is 184 Å². The van der Waals surface area contributed by atoms with E-state index in [-0.39, 0.29) is 0 Å². The molecule has 0 saturated heterocycles. The fourth-order valence-corrected chi connectivity index (χ4v) is 4.81. The van der Waals surface area contributed by atoms with E-state index in [1.807, 2.05) is 6.20 Å². The number of aromatic amines is 1. The lowest BCUT2D eigenvalue weighted by atomic mass is 10.1. The molecule has 1 aliphatic rings. The van der Waals surface area contributed by atoms with Crippen molar-refractivity contribution >= 4 is 28.0 Å². The molecule has 5 rings (SSSR count). The van der Waals surface area contributed by atoms with Gasteiger partial charge < -0.3 is 15.6 Å². The van der Waals surface area contributed by atoms with Crippen LogP contribution in [0.2, 0.25) is 0 Å². The minimum atomic E-state index is 0.561. The monoisotopic (exact) mass is 410 g/mol. The fraction of sp³-hybridized carbons (Fsp3) is 0.296. The average molecular weight is 411 g/mol. The standard InChI is InChI=1S/C27H30N4/c1-17-5-4-6-22-20(16-30-26(17)22)11-13-28-24-10-8-21(15-19(24)3)31-25-12-14-29-27-18(2)7-9-23(25)27/h4-6,8,10,12,14-16,18,28,30H,7,9,11,13H2,1-3H3,(H,29,31). The third-order valence-electron chi connectivity index (χ3n) is 6.61. The van der Waals surface area contributed by atoms with Crippen molar-refractivity contribution in [2.75, 3.05) is 17.2 Å². The van der Waals surface area contributed by atoms with Gasteiger partial charge in [0.2, 0.25) is 0 Å². The predicted molar refractivity (Wildman–Crippen MR) is 131 cm³/mol. The first-order valence-electron chi connectivity index (χ1n) is 11.2. The Hall–Kier alpha value is -3.27. The Morgan fingerprint density at radius 2 is 1.97 bits per heavy atom. The van der Waals surface area contributed by atoms with Crippen LogP contribution >= 0.6 is 0 Å². The van der Waals surface area contributed by atoms with Gasteiger partial charge in [-0.05, 0) is 85.5 Å². The van der Waals surface area contributed by atoms with Gasteiger partial charge >= 0.3 is 0 Å². The van der Waals surface area contributed by atoms with E-state index in [1.165, 1.54) is 56.6 Å². The summed E-state index contributed by atoms with van der Waals surface area (Å²) in [7, 11) is 0. The molecule has 4 heteroatoms. The van der Waals surface area contributed by atoms with Gasteiger partial charge in [-0.2, -0.15) is 0 Å². The van der Waals surface area contributed by atoms with E-state index >= 15 is 0 Å². The van der Waals surface area contributed by atoms with Crippen LogP contribution in [0.4, 0.5) is 17.1 Å². The molecular weight excluding hydrogens is 380 g/mol. The molecule has 0 aliphatic heterocycles. The fourth-order valence-electron chi connectivity index (χ4n) is 4.81. The maximum Gasteiger partial charge on any atom is 0.0486 e. The van der Waals surface area contributed by atoms with Crippen LogP contribution in [0.5, 0.6) is 0 Å². The highest BCUT2D eigenvalue weighted by molar-refractivity contribution is 5.85. The van der Waals surface area contributed by atoms with Gasteiger partial charge in [0, 0.05) is 52.6 Å². The number of benzene rings is 2. The Kier molecular flexibility index (Phi) is 5.14. The van der Waals surface area contributed by atoms with E-state index in [0.29, 0.717) is 5.92 Å². The Balaban J connectivity index is 1.25.